The number of furan rings is 1. The molecule has 2 aromatic heterocycles. The molecule has 0 unspecified atom stereocenters. The van der Waals surface area contributed by atoms with Gasteiger partial charge in [-0.25, -0.2) is 0 Å². The molecule has 1 aliphatic carbocycles. The largest absolute Gasteiger partial charge is 0.454 e. The fourth-order valence-corrected chi connectivity index (χ4v) is 4.66. The van der Waals surface area contributed by atoms with Gasteiger partial charge in [0.15, 0.2) is 5.76 Å². The van der Waals surface area contributed by atoms with E-state index in [-0.39, 0.29) is 12.9 Å². The van der Waals surface area contributed by atoms with E-state index in [4.69, 9.17) is 14.3 Å². The molecule has 3 aromatic rings. The summed E-state index contributed by atoms with van der Waals surface area (Å²) in [6, 6.07) is 12.9. The van der Waals surface area contributed by atoms with Gasteiger partial charge in [-0.2, -0.15) is 0 Å². The molecule has 5 heteroatoms. The molecule has 0 atom stereocenters. The Hall–Kier alpha value is -2.21. The van der Waals surface area contributed by atoms with Gasteiger partial charge < -0.3 is 14.3 Å². The van der Waals surface area contributed by atoms with Gasteiger partial charge in [0.2, 0.25) is 0 Å². The first kappa shape index (κ1) is 18.8. The topological polar surface area (TPSA) is 58.7 Å². The smallest absolute Gasteiger partial charge is 0.153 e. The van der Waals surface area contributed by atoms with E-state index in [2.05, 4.69) is 40.2 Å². The summed E-state index contributed by atoms with van der Waals surface area (Å²) in [7, 11) is 0. The fourth-order valence-electron chi connectivity index (χ4n) is 4.66. The number of ether oxygens (including phenoxy) is 1. The van der Waals surface area contributed by atoms with E-state index >= 15 is 0 Å². The number of hydrogen-bond donors (Lipinski definition) is 1. The van der Waals surface area contributed by atoms with Gasteiger partial charge in [0.25, 0.3) is 0 Å². The zero-order valence-corrected chi connectivity index (χ0v) is 16.7. The van der Waals surface area contributed by atoms with Crippen LogP contribution < -0.4 is 0 Å². The Morgan fingerprint density at radius 1 is 1.07 bits per heavy atom. The van der Waals surface area contributed by atoms with E-state index in [1.807, 2.05) is 12.3 Å². The van der Waals surface area contributed by atoms with Crippen molar-refractivity contribution in [3.05, 3.63) is 53.7 Å². The van der Waals surface area contributed by atoms with Crippen LogP contribution in [-0.4, -0.2) is 41.0 Å². The van der Waals surface area contributed by atoms with E-state index in [1.165, 1.54) is 48.6 Å². The van der Waals surface area contributed by atoms with Crippen molar-refractivity contribution in [1.82, 2.24) is 9.88 Å². The van der Waals surface area contributed by atoms with E-state index in [9.17, 15) is 0 Å². The molecule has 1 saturated carbocycles. The lowest BCUT2D eigenvalue weighted by Gasteiger charge is -2.38. The molecule has 2 aliphatic rings. The number of rotatable bonds is 6. The summed E-state index contributed by atoms with van der Waals surface area (Å²) in [5, 5.41) is 9.96. The molecule has 0 radical (unpaired) electrons. The van der Waals surface area contributed by atoms with Gasteiger partial charge in [-0.1, -0.05) is 31.4 Å². The van der Waals surface area contributed by atoms with Crippen molar-refractivity contribution in [3.63, 3.8) is 0 Å². The van der Waals surface area contributed by atoms with Crippen LogP contribution in [0.5, 0.6) is 0 Å². The van der Waals surface area contributed by atoms with Gasteiger partial charge >= 0.3 is 0 Å². The highest BCUT2D eigenvalue weighted by atomic mass is 16.6. The summed E-state index contributed by atoms with van der Waals surface area (Å²) >= 11 is 0. The van der Waals surface area contributed by atoms with Crippen LogP contribution in [0.2, 0.25) is 0 Å². The third-order valence-corrected chi connectivity index (χ3v) is 6.33. The molecule has 3 heterocycles. The summed E-state index contributed by atoms with van der Waals surface area (Å²) in [4.78, 5) is 6.91. The van der Waals surface area contributed by atoms with E-state index in [0.717, 1.165) is 36.7 Å². The van der Waals surface area contributed by atoms with Crippen molar-refractivity contribution in [1.29, 1.82) is 0 Å². The summed E-state index contributed by atoms with van der Waals surface area (Å²) in [5.74, 6) is 1.53. The van der Waals surface area contributed by atoms with Crippen molar-refractivity contribution >= 4 is 11.0 Å². The summed E-state index contributed by atoms with van der Waals surface area (Å²) in [6.07, 6.45) is 8.78. The standard InChI is InChI=1S/C24H28N2O3/c27-16-28-21-14-26(15-21)13-17-6-8-22(25-12-17)24-11-20-10-19(7-9-23(20)29-24)18-4-2-1-3-5-18/h6-12,18,21,27H,1-5,13-16H2. The zero-order valence-electron chi connectivity index (χ0n) is 16.7. The Balaban J connectivity index is 1.27. The number of hydrogen-bond acceptors (Lipinski definition) is 5. The average molecular weight is 392 g/mol. The molecule has 2 fully saturated rings. The molecule has 0 bridgehead atoms. The van der Waals surface area contributed by atoms with Gasteiger partial charge in [0.05, 0.1) is 6.10 Å². The number of aliphatic hydroxyl groups excluding tert-OH is 1. The van der Waals surface area contributed by atoms with E-state index in [1.54, 1.807) is 0 Å². The predicted octanol–water partition coefficient (Wildman–Crippen LogP) is 4.69. The minimum absolute atomic E-state index is 0.154. The van der Waals surface area contributed by atoms with Crippen molar-refractivity contribution in [2.75, 3.05) is 19.9 Å². The third kappa shape index (κ3) is 4.08. The normalized spacial score (nSPS) is 18.9. The molecular weight excluding hydrogens is 364 g/mol. The van der Waals surface area contributed by atoms with Gasteiger partial charge in [-0.05, 0) is 54.2 Å². The molecule has 152 valence electrons. The van der Waals surface area contributed by atoms with Gasteiger partial charge in [0.1, 0.15) is 18.1 Å². The molecule has 5 nitrogen and oxygen atoms in total. The average Bonchev–Trinajstić information content (AvgIpc) is 3.17. The van der Waals surface area contributed by atoms with Crippen LogP contribution in [0.15, 0.2) is 47.0 Å². The van der Waals surface area contributed by atoms with Gasteiger partial charge in [0, 0.05) is 31.2 Å². The molecule has 5 rings (SSSR count). The van der Waals surface area contributed by atoms with E-state index < -0.39 is 0 Å². The predicted molar refractivity (Wildman–Crippen MR) is 113 cm³/mol. The van der Waals surface area contributed by atoms with Crippen molar-refractivity contribution in [2.45, 2.75) is 50.7 Å². The van der Waals surface area contributed by atoms with Crippen LogP contribution in [0.1, 0.15) is 49.1 Å². The molecule has 1 aromatic carbocycles. The second kappa shape index (κ2) is 8.27. The molecule has 1 aliphatic heterocycles. The molecule has 0 amide bonds. The van der Waals surface area contributed by atoms with E-state index in [0.29, 0.717) is 5.92 Å². The van der Waals surface area contributed by atoms with Crippen LogP contribution >= 0.6 is 0 Å². The zero-order chi connectivity index (χ0) is 19.6. The number of likely N-dealkylation sites (tertiary alicyclic amines) is 1. The van der Waals surface area contributed by atoms with Crippen LogP contribution in [0, 0.1) is 0 Å². The number of fused-ring (bicyclic) bond motifs is 1. The maximum atomic E-state index is 8.79. The highest BCUT2D eigenvalue weighted by Gasteiger charge is 2.27. The molecule has 29 heavy (non-hydrogen) atoms. The van der Waals surface area contributed by atoms with Crippen LogP contribution in [-0.2, 0) is 11.3 Å². The summed E-state index contributed by atoms with van der Waals surface area (Å²) in [6.45, 7) is 2.36. The number of aromatic nitrogens is 1. The lowest BCUT2D eigenvalue weighted by molar-refractivity contribution is -0.113. The Kier molecular flexibility index (Phi) is 5.36. The monoisotopic (exact) mass is 392 g/mol. The number of nitrogens with zero attached hydrogens (tertiary/aromatic N) is 2. The maximum Gasteiger partial charge on any atom is 0.153 e. The van der Waals surface area contributed by atoms with Crippen molar-refractivity contribution in [3.8, 4) is 11.5 Å². The van der Waals surface area contributed by atoms with Gasteiger partial charge in [-0.15, -0.1) is 0 Å². The molecule has 1 saturated heterocycles. The van der Waals surface area contributed by atoms with Crippen molar-refractivity contribution < 1.29 is 14.3 Å². The third-order valence-electron chi connectivity index (χ3n) is 6.33. The number of benzene rings is 1. The van der Waals surface area contributed by atoms with Gasteiger partial charge in [-0.3, -0.25) is 9.88 Å². The Labute approximate surface area is 171 Å². The SMILES string of the molecule is OCOC1CN(Cc2ccc(-c3cc4cc(C5CCCCC5)ccc4o3)nc2)C1. The number of aliphatic hydroxyl groups is 1. The van der Waals surface area contributed by atoms with Crippen LogP contribution in [0.25, 0.3) is 22.4 Å². The molecule has 1 N–H and O–H groups in total. The maximum absolute atomic E-state index is 8.79. The molecular formula is C24H28N2O3. The highest BCUT2D eigenvalue weighted by molar-refractivity contribution is 5.83. The highest BCUT2D eigenvalue weighted by Crippen LogP contribution is 2.35. The Bertz CT molecular complexity index is 954. The first-order valence-corrected chi connectivity index (χ1v) is 10.7. The fraction of sp³-hybridized carbons (Fsp3) is 0.458. The number of pyridine rings is 1. The quantitative estimate of drug-likeness (QED) is 0.617. The lowest BCUT2D eigenvalue weighted by atomic mass is 9.84. The lowest BCUT2D eigenvalue weighted by Crippen LogP contribution is -2.51. The first-order chi connectivity index (χ1) is 14.3. The molecule has 0 spiro atoms. The minimum Gasteiger partial charge on any atom is -0.454 e. The van der Waals surface area contributed by atoms with Crippen LogP contribution in [0.3, 0.4) is 0 Å². The first-order valence-electron chi connectivity index (χ1n) is 10.7. The van der Waals surface area contributed by atoms with Crippen LogP contribution in [0.4, 0.5) is 0 Å². The Morgan fingerprint density at radius 3 is 2.69 bits per heavy atom. The second-order valence-electron chi connectivity index (χ2n) is 8.41. The Morgan fingerprint density at radius 2 is 1.93 bits per heavy atom. The second-order valence-corrected chi connectivity index (χ2v) is 8.41. The summed E-state index contributed by atoms with van der Waals surface area (Å²) < 4.78 is 11.3. The van der Waals surface area contributed by atoms with Crippen molar-refractivity contribution in [2.24, 2.45) is 0 Å². The summed E-state index contributed by atoms with van der Waals surface area (Å²) in [5.41, 5.74) is 4.42. The minimum atomic E-state index is -0.200.